The first-order valence-electron chi connectivity index (χ1n) is 9.93. The maximum atomic E-state index is 12.7. The minimum Gasteiger partial charge on any atom is -0.461 e. The molecule has 0 spiro atoms. The highest BCUT2D eigenvalue weighted by molar-refractivity contribution is 7.99. The lowest BCUT2D eigenvalue weighted by Crippen LogP contribution is -2.50. The van der Waals surface area contributed by atoms with Gasteiger partial charge in [0.2, 0.25) is 15.9 Å². The monoisotopic (exact) mass is 461 g/mol. The van der Waals surface area contributed by atoms with Gasteiger partial charge in [-0.3, -0.25) is 9.36 Å². The van der Waals surface area contributed by atoms with Gasteiger partial charge in [-0.1, -0.05) is 30.0 Å². The number of amides is 1. The number of carbonyl (C=O) groups is 1. The van der Waals surface area contributed by atoms with E-state index in [0.717, 1.165) is 0 Å². The van der Waals surface area contributed by atoms with Crippen molar-refractivity contribution in [3.8, 4) is 11.6 Å². The van der Waals surface area contributed by atoms with Crippen LogP contribution < -0.4 is 0 Å². The lowest BCUT2D eigenvalue weighted by molar-refractivity contribution is -0.129. The average Bonchev–Trinajstić information content (AvgIpc) is 3.47. The van der Waals surface area contributed by atoms with Gasteiger partial charge >= 0.3 is 0 Å². The van der Waals surface area contributed by atoms with E-state index in [4.69, 9.17) is 4.42 Å². The molecule has 0 bridgehead atoms. The summed E-state index contributed by atoms with van der Waals surface area (Å²) < 4.78 is 34.2. The fourth-order valence-electron chi connectivity index (χ4n) is 3.41. The van der Waals surface area contributed by atoms with Gasteiger partial charge in [0, 0.05) is 32.7 Å². The molecule has 3 aromatic rings. The summed E-state index contributed by atoms with van der Waals surface area (Å²) in [4.78, 5) is 14.7. The summed E-state index contributed by atoms with van der Waals surface area (Å²) in [5.74, 6) is 1.42. The second-order valence-electron chi connectivity index (χ2n) is 6.91. The summed E-state index contributed by atoms with van der Waals surface area (Å²) >= 11 is 1.32. The Morgan fingerprint density at radius 2 is 1.81 bits per heavy atom. The van der Waals surface area contributed by atoms with Gasteiger partial charge < -0.3 is 9.32 Å². The summed E-state index contributed by atoms with van der Waals surface area (Å²) in [5.41, 5.74) is 0. The number of carbonyl (C=O) groups excluding carboxylic acids is 1. The zero-order valence-electron chi connectivity index (χ0n) is 17.0. The highest BCUT2D eigenvalue weighted by Gasteiger charge is 2.30. The van der Waals surface area contributed by atoms with Crippen molar-refractivity contribution in [2.24, 2.45) is 0 Å². The van der Waals surface area contributed by atoms with E-state index in [2.05, 4.69) is 10.2 Å². The van der Waals surface area contributed by atoms with E-state index in [9.17, 15) is 13.2 Å². The van der Waals surface area contributed by atoms with Crippen molar-refractivity contribution < 1.29 is 17.6 Å². The highest BCUT2D eigenvalue weighted by atomic mass is 32.2. The predicted octanol–water partition coefficient (Wildman–Crippen LogP) is 2.18. The van der Waals surface area contributed by atoms with E-state index in [0.29, 0.717) is 36.4 Å². The van der Waals surface area contributed by atoms with Crippen LogP contribution in [0.3, 0.4) is 0 Å². The number of benzene rings is 1. The Balaban J connectivity index is 1.34. The molecule has 4 rings (SSSR count). The first kappa shape index (κ1) is 21.6. The number of nitrogens with zero attached hydrogens (tertiary/aromatic N) is 5. The Morgan fingerprint density at radius 1 is 1.06 bits per heavy atom. The minimum absolute atomic E-state index is 0.0491. The SMILES string of the molecule is CCn1c(SCC(=O)N2CCN(S(=O)(=O)c3ccccc3)CC2)nnc1-c1ccco1. The Bertz CT molecular complexity index is 1120. The van der Waals surface area contributed by atoms with Crippen LogP contribution in [-0.4, -0.2) is 70.2 Å². The number of thioether (sulfide) groups is 1. The van der Waals surface area contributed by atoms with E-state index in [1.807, 2.05) is 17.6 Å². The fourth-order valence-corrected chi connectivity index (χ4v) is 5.75. The molecule has 0 radical (unpaired) electrons. The van der Waals surface area contributed by atoms with Gasteiger partial charge in [0.1, 0.15) is 0 Å². The predicted molar refractivity (Wildman–Crippen MR) is 116 cm³/mol. The number of aromatic nitrogens is 3. The van der Waals surface area contributed by atoms with Crippen LogP contribution in [0.2, 0.25) is 0 Å². The summed E-state index contributed by atoms with van der Waals surface area (Å²) in [7, 11) is -3.53. The van der Waals surface area contributed by atoms with Crippen LogP contribution in [0.5, 0.6) is 0 Å². The number of sulfonamides is 1. The molecule has 0 atom stereocenters. The number of hydrogen-bond donors (Lipinski definition) is 0. The van der Waals surface area contributed by atoms with Crippen LogP contribution in [0.15, 0.2) is 63.2 Å². The third kappa shape index (κ3) is 4.53. The lowest BCUT2D eigenvalue weighted by Gasteiger charge is -2.34. The Kier molecular flexibility index (Phi) is 6.44. The molecule has 0 unspecified atom stereocenters. The molecule has 1 aromatic carbocycles. The molecule has 0 aliphatic carbocycles. The molecule has 1 amide bonds. The molecule has 0 N–H and O–H groups in total. The first-order valence-corrected chi connectivity index (χ1v) is 12.4. The molecule has 1 fully saturated rings. The average molecular weight is 462 g/mol. The van der Waals surface area contributed by atoms with Crippen molar-refractivity contribution in [3.05, 3.63) is 48.7 Å². The molecule has 11 heteroatoms. The smallest absolute Gasteiger partial charge is 0.243 e. The summed E-state index contributed by atoms with van der Waals surface area (Å²) in [5, 5.41) is 9.03. The molecule has 0 saturated carbocycles. The van der Waals surface area contributed by atoms with Gasteiger partial charge in [-0.25, -0.2) is 8.42 Å². The third-order valence-electron chi connectivity index (χ3n) is 5.07. The largest absolute Gasteiger partial charge is 0.461 e. The van der Waals surface area contributed by atoms with Crippen LogP contribution >= 0.6 is 11.8 Å². The zero-order valence-corrected chi connectivity index (χ0v) is 18.7. The Labute approximate surface area is 185 Å². The van der Waals surface area contributed by atoms with Crippen molar-refractivity contribution in [3.63, 3.8) is 0 Å². The van der Waals surface area contributed by atoms with E-state index in [1.165, 1.54) is 16.1 Å². The highest BCUT2D eigenvalue weighted by Crippen LogP contribution is 2.25. The van der Waals surface area contributed by atoms with Gasteiger partial charge in [0.25, 0.3) is 0 Å². The van der Waals surface area contributed by atoms with Crippen molar-refractivity contribution >= 4 is 27.7 Å². The zero-order chi connectivity index (χ0) is 21.8. The molecule has 2 aromatic heterocycles. The molecule has 3 heterocycles. The normalized spacial score (nSPS) is 15.3. The lowest BCUT2D eigenvalue weighted by atomic mass is 10.3. The molecular weight excluding hydrogens is 438 g/mol. The van der Waals surface area contributed by atoms with E-state index in [1.54, 1.807) is 47.6 Å². The van der Waals surface area contributed by atoms with Gasteiger partial charge in [-0.05, 0) is 31.2 Å². The topological polar surface area (TPSA) is 102 Å². The van der Waals surface area contributed by atoms with E-state index < -0.39 is 10.0 Å². The van der Waals surface area contributed by atoms with Crippen LogP contribution in [0.1, 0.15) is 6.92 Å². The molecule has 1 aliphatic heterocycles. The molecule has 164 valence electrons. The van der Waals surface area contributed by atoms with Crippen LogP contribution in [-0.2, 0) is 21.4 Å². The molecular formula is C20H23N5O4S2. The second kappa shape index (κ2) is 9.25. The second-order valence-corrected chi connectivity index (χ2v) is 9.79. The van der Waals surface area contributed by atoms with Gasteiger partial charge in [-0.2, -0.15) is 4.31 Å². The Morgan fingerprint density at radius 3 is 2.45 bits per heavy atom. The maximum Gasteiger partial charge on any atom is 0.243 e. The van der Waals surface area contributed by atoms with Crippen molar-refractivity contribution in [1.29, 1.82) is 0 Å². The van der Waals surface area contributed by atoms with E-state index in [-0.39, 0.29) is 29.6 Å². The van der Waals surface area contributed by atoms with Gasteiger partial charge in [0.05, 0.1) is 16.9 Å². The molecule has 1 saturated heterocycles. The summed E-state index contributed by atoms with van der Waals surface area (Å²) in [6.45, 7) is 3.92. The number of furan rings is 1. The Hall–Kier alpha value is -2.63. The third-order valence-corrected chi connectivity index (χ3v) is 7.94. The van der Waals surface area contributed by atoms with Gasteiger partial charge in [-0.15, -0.1) is 10.2 Å². The number of rotatable bonds is 7. The molecule has 9 nitrogen and oxygen atoms in total. The first-order chi connectivity index (χ1) is 15.0. The van der Waals surface area contributed by atoms with Crippen LogP contribution in [0.4, 0.5) is 0 Å². The number of hydrogen-bond acceptors (Lipinski definition) is 7. The summed E-state index contributed by atoms with van der Waals surface area (Å²) in [6, 6.07) is 12.0. The quantitative estimate of drug-likeness (QED) is 0.497. The maximum absolute atomic E-state index is 12.7. The van der Waals surface area contributed by atoms with E-state index >= 15 is 0 Å². The fraction of sp³-hybridized carbons (Fsp3) is 0.350. The minimum atomic E-state index is -3.53. The number of piperazine rings is 1. The van der Waals surface area contributed by atoms with Crippen molar-refractivity contribution in [2.75, 3.05) is 31.9 Å². The summed E-state index contributed by atoms with van der Waals surface area (Å²) in [6.07, 6.45) is 1.58. The van der Waals surface area contributed by atoms with Crippen molar-refractivity contribution in [2.45, 2.75) is 23.5 Å². The van der Waals surface area contributed by atoms with Crippen molar-refractivity contribution in [1.82, 2.24) is 24.0 Å². The van der Waals surface area contributed by atoms with Crippen LogP contribution in [0.25, 0.3) is 11.6 Å². The van der Waals surface area contributed by atoms with Crippen LogP contribution in [0, 0.1) is 0 Å². The van der Waals surface area contributed by atoms with Gasteiger partial charge in [0.15, 0.2) is 16.7 Å². The standard InChI is InChI=1S/C20H23N5O4S2/c1-2-25-19(17-9-6-14-29-17)21-22-20(25)30-15-18(26)23-10-12-24(13-11-23)31(27,28)16-7-4-3-5-8-16/h3-9,14H,2,10-13,15H2,1H3. The molecule has 1 aliphatic rings. The molecule has 31 heavy (non-hydrogen) atoms.